The van der Waals surface area contributed by atoms with Crippen LogP contribution in [0.3, 0.4) is 0 Å². The van der Waals surface area contributed by atoms with Crippen LogP contribution < -0.4 is 5.73 Å². The summed E-state index contributed by atoms with van der Waals surface area (Å²) in [5, 5.41) is 10.7. The number of nitrogen functional groups attached to an aromatic ring is 1. The summed E-state index contributed by atoms with van der Waals surface area (Å²) in [6.45, 7) is 1.89. The number of para-hydroxylation sites is 1. The fourth-order valence-corrected chi connectivity index (χ4v) is 3.32. The van der Waals surface area contributed by atoms with E-state index in [1.807, 2.05) is 37.4 Å². The maximum atomic E-state index is 11.4. The Morgan fingerprint density at radius 3 is 2.84 bits per heavy atom. The van der Waals surface area contributed by atoms with E-state index in [-0.39, 0.29) is 5.56 Å². The first-order valence-corrected chi connectivity index (χ1v) is 6.60. The quantitative estimate of drug-likeness (QED) is 0.668. The molecule has 0 aliphatic rings. The van der Waals surface area contributed by atoms with Gasteiger partial charge in [0.05, 0.1) is 0 Å². The number of carboxylic acid groups (broad SMARTS) is 1. The number of H-pyrrole nitrogens is 1. The average Bonchev–Trinajstić information content (AvgIpc) is 2.89. The van der Waals surface area contributed by atoms with E-state index in [0.717, 1.165) is 21.3 Å². The van der Waals surface area contributed by atoms with Crippen LogP contribution in [0.2, 0.25) is 0 Å². The van der Waals surface area contributed by atoms with Gasteiger partial charge in [-0.3, -0.25) is 0 Å². The molecule has 4 N–H and O–H groups in total. The molecule has 5 heteroatoms. The fourth-order valence-electron chi connectivity index (χ4n) is 2.38. The summed E-state index contributed by atoms with van der Waals surface area (Å²) in [6, 6.07) is 7.81. The monoisotopic (exact) mass is 272 g/mol. The molecule has 0 aliphatic heterocycles. The Morgan fingerprint density at radius 2 is 2.11 bits per heavy atom. The number of rotatable bonds is 2. The first kappa shape index (κ1) is 11.8. The Balaban J connectivity index is 2.36. The van der Waals surface area contributed by atoms with Crippen molar-refractivity contribution in [1.29, 1.82) is 0 Å². The first-order chi connectivity index (χ1) is 9.09. The molecule has 1 aromatic carbocycles. The summed E-state index contributed by atoms with van der Waals surface area (Å²) in [4.78, 5) is 15.5. The number of anilines is 1. The van der Waals surface area contributed by atoms with E-state index in [4.69, 9.17) is 5.73 Å². The van der Waals surface area contributed by atoms with Crippen molar-refractivity contribution >= 4 is 33.2 Å². The van der Waals surface area contributed by atoms with Crippen LogP contribution in [0.15, 0.2) is 30.5 Å². The van der Waals surface area contributed by atoms with Gasteiger partial charge in [0.25, 0.3) is 0 Å². The zero-order valence-corrected chi connectivity index (χ0v) is 11.0. The highest BCUT2D eigenvalue weighted by atomic mass is 32.1. The molecule has 96 valence electrons. The lowest BCUT2D eigenvalue weighted by Gasteiger charge is -2.02. The van der Waals surface area contributed by atoms with E-state index < -0.39 is 5.97 Å². The first-order valence-electron chi connectivity index (χ1n) is 5.78. The summed E-state index contributed by atoms with van der Waals surface area (Å²) in [7, 11) is 0. The third-order valence-electron chi connectivity index (χ3n) is 3.18. The normalized spacial score (nSPS) is 11.0. The van der Waals surface area contributed by atoms with Gasteiger partial charge in [-0.2, -0.15) is 0 Å². The van der Waals surface area contributed by atoms with Crippen molar-refractivity contribution in [2.75, 3.05) is 5.73 Å². The van der Waals surface area contributed by atoms with Crippen molar-refractivity contribution in [3.05, 3.63) is 40.9 Å². The number of hydrogen-bond donors (Lipinski definition) is 3. The molecule has 0 amide bonds. The van der Waals surface area contributed by atoms with Crippen LogP contribution in [0.4, 0.5) is 5.00 Å². The van der Waals surface area contributed by atoms with Gasteiger partial charge in [0, 0.05) is 33.1 Å². The molecule has 0 spiro atoms. The minimum atomic E-state index is -0.984. The number of hydrogen-bond acceptors (Lipinski definition) is 3. The Kier molecular flexibility index (Phi) is 2.57. The fraction of sp³-hybridized carbons (Fsp3) is 0.0714. The minimum absolute atomic E-state index is 0.201. The van der Waals surface area contributed by atoms with Crippen molar-refractivity contribution in [3.8, 4) is 11.1 Å². The van der Waals surface area contributed by atoms with Gasteiger partial charge in [-0.15, -0.1) is 11.3 Å². The van der Waals surface area contributed by atoms with Gasteiger partial charge >= 0.3 is 5.97 Å². The number of aromatic amines is 1. The SMILES string of the molecule is Cc1sc(N)c(C(=O)O)c1-c1c[nH]c2ccccc12. The van der Waals surface area contributed by atoms with Crippen molar-refractivity contribution in [1.82, 2.24) is 4.98 Å². The molecule has 3 aromatic rings. The highest BCUT2D eigenvalue weighted by Gasteiger charge is 2.22. The number of carbonyl (C=O) groups is 1. The second-order valence-corrected chi connectivity index (χ2v) is 5.58. The zero-order valence-electron chi connectivity index (χ0n) is 10.2. The highest BCUT2D eigenvalue weighted by molar-refractivity contribution is 7.16. The number of aryl methyl sites for hydroxylation is 1. The lowest BCUT2D eigenvalue weighted by Crippen LogP contribution is -2.00. The summed E-state index contributed by atoms with van der Waals surface area (Å²) in [5.41, 5.74) is 8.61. The molecule has 0 fully saturated rings. The largest absolute Gasteiger partial charge is 0.478 e. The van der Waals surface area contributed by atoms with Crippen molar-refractivity contribution in [2.24, 2.45) is 0 Å². The second kappa shape index (κ2) is 4.13. The van der Waals surface area contributed by atoms with Gasteiger partial charge in [-0.25, -0.2) is 4.79 Å². The standard InChI is InChI=1S/C14H12N2O2S/c1-7-11(12(14(17)18)13(15)19-7)9-6-16-10-5-3-2-4-8(9)10/h2-6,16H,15H2,1H3,(H,17,18). The predicted octanol–water partition coefficient (Wildman–Crippen LogP) is 3.49. The van der Waals surface area contributed by atoms with Gasteiger partial charge in [0.2, 0.25) is 0 Å². The summed E-state index contributed by atoms with van der Waals surface area (Å²) >= 11 is 1.31. The van der Waals surface area contributed by atoms with E-state index >= 15 is 0 Å². The molecule has 0 unspecified atom stereocenters. The summed E-state index contributed by atoms with van der Waals surface area (Å²) in [6.07, 6.45) is 1.84. The number of nitrogens with one attached hydrogen (secondary N) is 1. The number of thiophene rings is 1. The van der Waals surface area contributed by atoms with Gasteiger partial charge < -0.3 is 15.8 Å². The molecular weight excluding hydrogens is 260 g/mol. The summed E-state index contributed by atoms with van der Waals surface area (Å²) < 4.78 is 0. The third-order valence-corrected chi connectivity index (χ3v) is 4.12. The number of benzene rings is 1. The van der Waals surface area contributed by atoms with Crippen molar-refractivity contribution in [3.63, 3.8) is 0 Å². The van der Waals surface area contributed by atoms with Crippen LogP contribution >= 0.6 is 11.3 Å². The van der Waals surface area contributed by atoms with Gasteiger partial charge in [-0.05, 0) is 13.0 Å². The van der Waals surface area contributed by atoms with E-state index in [9.17, 15) is 9.90 Å². The van der Waals surface area contributed by atoms with Crippen LogP contribution in [-0.2, 0) is 0 Å². The topological polar surface area (TPSA) is 79.1 Å². The van der Waals surface area contributed by atoms with Gasteiger partial charge in [0.1, 0.15) is 10.6 Å². The van der Waals surface area contributed by atoms with Crippen LogP contribution in [0.25, 0.3) is 22.0 Å². The molecule has 19 heavy (non-hydrogen) atoms. The van der Waals surface area contributed by atoms with Crippen LogP contribution in [0.5, 0.6) is 0 Å². The molecule has 0 saturated heterocycles. The van der Waals surface area contributed by atoms with Crippen molar-refractivity contribution < 1.29 is 9.90 Å². The van der Waals surface area contributed by atoms with Crippen LogP contribution in [0, 0.1) is 6.92 Å². The lowest BCUT2D eigenvalue weighted by atomic mass is 10.0. The molecule has 4 nitrogen and oxygen atoms in total. The maximum Gasteiger partial charge on any atom is 0.339 e. The highest BCUT2D eigenvalue weighted by Crippen LogP contribution is 2.40. The van der Waals surface area contributed by atoms with E-state index in [2.05, 4.69) is 4.98 Å². The van der Waals surface area contributed by atoms with Crippen molar-refractivity contribution in [2.45, 2.75) is 6.92 Å². The van der Waals surface area contributed by atoms with Gasteiger partial charge in [0.15, 0.2) is 0 Å². The van der Waals surface area contributed by atoms with E-state index in [0.29, 0.717) is 10.6 Å². The molecule has 0 radical (unpaired) electrons. The van der Waals surface area contributed by atoms with Crippen LogP contribution in [-0.4, -0.2) is 16.1 Å². The number of fused-ring (bicyclic) bond motifs is 1. The zero-order chi connectivity index (χ0) is 13.6. The number of aromatic carboxylic acids is 1. The molecule has 2 heterocycles. The number of carboxylic acids is 1. The predicted molar refractivity (Wildman–Crippen MR) is 77.7 cm³/mol. The number of aromatic nitrogens is 1. The van der Waals surface area contributed by atoms with Crippen LogP contribution in [0.1, 0.15) is 15.2 Å². The molecule has 0 aliphatic carbocycles. The number of nitrogens with two attached hydrogens (primary N) is 1. The Hall–Kier alpha value is -2.27. The second-order valence-electron chi connectivity index (χ2n) is 4.33. The lowest BCUT2D eigenvalue weighted by molar-refractivity contribution is 0.0699. The average molecular weight is 272 g/mol. The van der Waals surface area contributed by atoms with Gasteiger partial charge in [-0.1, -0.05) is 18.2 Å². The minimum Gasteiger partial charge on any atom is -0.478 e. The van der Waals surface area contributed by atoms with E-state index in [1.165, 1.54) is 11.3 Å². The molecule has 0 atom stereocenters. The Bertz CT molecular complexity index is 786. The Morgan fingerprint density at radius 1 is 1.37 bits per heavy atom. The molecular formula is C14H12N2O2S. The summed E-state index contributed by atoms with van der Waals surface area (Å²) in [5.74, 6) is -0.984. The Labute approximate surface area is 113 Å². The molecule has 2 aromatic heterocycles. The molecule has 3 rings (SSSR count). The molecule has 0 saturated carbocycles. The smallest absolute Gasteiger partial charge is 0.339 e. The third kappa shape index (κ3) is 1.70. The van der Waals surface area contributed by atoms with E-state index in [1.54, 1.807) is 0 Å². The maximum absolute atomic E-state index is 11.4. The molecule has 0 bridgehead atoms.